The number of carboxylic acids is 1. The number of carboxylic acid groups (broad SMARTS) is 1. The number of para-hydroxylation sites is 1. The van der Waals surface area contributed by atoms with Crippen molar-refractivity contribution in [1.82, 2.24) is 10.2 Å². The summed E-state index contributed by atoms with van der Waals surface area (Å²) >= 11 is 0. The third-order valence-corrected chi connectivity index (χ3v) is 4.55. The first-order valence-electron chi connectivity index (χ1n) is 9.79. The van der Waals surface area contributed by atoms with Gasteiger partial charge in [-0.05, 0) is 57.2 Å². The first kappa shape index (κ1) is 22.0. The van der Waals surface area contributed by atoms with Crippen LogP contribution in [0.25, 0.3) is 5.70 Å². The lowest BCUT2D eigenvalue weighted by Gasteiger charge is -2.28. The molecule has 0 spiro atoms. The molecule has 2 amide bonds. The van der Waals surface area contributed by atoms with Gasteiger partial charge in [0.25, 0.3) is 11.8 Å². The fourth-order valence-electron chi connectivity index (χ4n) is 3.24. The molecule has 1 heterocycles. The highest BCUT2D eigenvalue weighted by molar-refractivity contribution is 6.13. The topological polar surface area (TPSA) is 98.7 Å². The Kier molecular flexibility index (Phi) is 6.10. The monoisotopic (exact) mass is 425 g/mol. The smallest absolute Gasteiger partial charge is 0.305 e. The van der Waals surface area contributed by atoms with Gasteiger partial charge in [-0.2, -0.15) is 0 Å². The molecule has 3 N–H and O–H groups in total. The lowest BCUT2D eigenvalue weighted by Crippen LogP contribution is -2.46. The van der Waals surface area contributed by atoms with Crippen molar-refractivity contribution < 1.29 is 23.9 Å². The molecule has 1 aliphatic rings. The number of anilines is 1. The van der Waals surface area contributed by atoms with E-state index in [4.69, 9.17) is 0 Å². The van der Waals surface area contributed by atoms with Crippen LogP contribution in [-0.2, 0) is 9.59 Å². The largest absolute Gasteiger partial charge is 0.481 e. The zero-order chi connectivity index (χ0) is 22.8. The van der Waals surface area contributed by atoms with Gasteiger partial charge in [0, 0.05) is 17.6 Å². The first-order chi connectivity index (χ1) is 14.6. The van der Waals surface area contributed by atoms with Crippen LogP contribution >= 0.6 is 0 Å². The lowest BCUT2D eigenvalue weighted by atomic mass is 10.1. The summed E-state index contributed by atoms with van der Waals surface area (Å²) in [6.07, 6.45) is -0.350. The molecular weight excluding hydrogens is 401 g/mol. The number of benzene rings is 2. The minimum absolute atomic E-state index is 0.0241. The maximum atomic E-state index is 13.6. The highest BCUT2D eigenvalue weighted by Crippen LogP contribution is 2.32. The summed E-state index contributed by atoms with van der Waals surface area (Å²) in [4.78, 5) is 39.2. The SMILES string of the molecule is CC(C)(C)NC(=O)C1=C(c2ccc(F)cc2)Nc2ccccc2C(=O)N1CCC(=O)O. The fourth-order valence-corrected chi connectivity index (χ4v) is 3.24. The van der Waals surface area contributed by atoms with Gasteiger partial charge in [0.05, 0.1) is 23.4 Å². The Hall–Kier alpha value is -3.68. The van der Waals surface area contributed by atoms with Crippen molar-refractivity contribution in [1.29, 1.82) is 0 Å². The number of amides is 2. The van der Waals surface area contributed by atoms with Crippen molar-refractivity contribution in [2.24, 2.45) is 0 Å². The van der Waals surface area contributed by atoms with Crippen LogP contribution in [0.2, 0.25) is 0 Å². The molecule has 0 radical (unpaired) electrons. The third-order valence-electron chi connectivity index (χ3n) is 4.55. The van der Waals surface area contributed by atoms with Gasteiger partial charge in [0.1, 0.15) is 11.5 Å². The Morgan fingerprint density at radius 2 is 1.74 bits per heavy atom. The van der Waals surface area contributed by atoms with Crippen molar-refractivity contribution in [2.45, 2.75) is 32.7 Å². The molecule has 0 saturated carbocycles. The number of nitrogens with zero attached hydrogens (tertiary/aromatic N) is 1. The van der Waals surface area contributed by atoms with Crippen LogP contribution in [0.5, 0.6) is 0 Å². The number of hydrogen-bond donors (Lipinski definition) is 3. The van der Waals surface area contributed by atoms with Gasteiger partial charge in [-0.15, -0.1) is 0 Å². The van der Waals surface area contributed by atoms with Crippen LogP contribution in [0, 0.1) is 5.82 Å². The summed E-state index contributed by atoms with van der Waals surface area (Å²) in [6.45, 7) is 5.18. The van der Waals surface area contributed by atoms with Gasteiger partial charge >= 0.3 is 5.97 Å². The van der Waals surface area contributed by atoms with Crippen molar-refractivity contribution in [2.75, 3.05) is 11.9 Å². The first-order valence-corrected chi connectivity index (χ1v) is 9.79. The number of carbonyl (C=O) groups is 3. The van der Waals surface area contributed by atoms with E-state index < -0.39 is 29.1 Å². The maximum absolute atomic E-state index is 13.6. The van der Waals surface area contributed by atoms with Gasteiger partial charge < -0.3 is 20.6 Å². The summed E-state index contributed by atoms with van der Waals surface area (Å²) in [5.74, 6) is -2.60. The average Bonchev–Trinajstić information content (AvgIpc) is 2.80. The number of halogens is 1. The fraction of sp³-hybridized carbons (Fsp3) is 0.261. The van der Waals surface area contributed by atoms with Gasteiger partial charge in [0.15, 0.2) is 0 Å². The summed E-state index contributed by atoms with van der Waals surface area (Å²) in [5.41, 5.74) is 0.884. The number of aliphatic carboxylic acids is 1. The number of rotatable bonds is 5. The predicted molar refractivity (Wildman–Crippen MR) is 115 cm³/mol. The van der Waals surface area contributed by atoms with Crippen molar-refractivity contribution in [3.8, 4) is 0 Å². The Balaban J connectivity index is 2.25. The Labute approximate surface area is 179 Å². The molecule has 0 fully saturated rings. The molecule has 3 rings (SSSR count). The third kappa shape index (κ3) is 5.09. The highest BCUT2D eigenvalue weighted by atomic mass is 19.1. The van der Waals surface area contributed by atoms with E-state index in [1.165, 1.54) is 29.2 Å². The Bertz CT molecular complexity index is 1060. The van der Waals surface area contributed by atoms with E-state index in [1.807, 2.05) is 0 Å². The van der Waals surface area contributed by atoms with Crippen LogP contribution in [0.1, 0.15) is 43.1 Å². The average molecular weight is 425 g/mol. The molecule has 8 heteroatoms. The van der Waals surface area contributed by atoms with Crippen LogP contribution < -0.4 is 10.6 Å². The van der Waals surface area contributed by atoms with Crippen LogP contribution in [-0.4, -0.2) is 39.9 Å². The second-order valence-electron chi connectivity index (χ2n) is 8.21. The zero-order valence-electron chi connectivity index (χ0n) is 17.5. The van der Waals surface area contributed by atoms with Crippen molar-refractivity contribution in [3.63, 3.8) is 0 Å². The maximum Gasteiger partial charge on any atom is 0.305 e. The molecule has 1 aliphatic heterocycles. The Morgan fingerprint density at radius 1 is 1.10 bits per heavy atom. The van der Waals surface area contributed by atoms with E-state index in [-0.39, 0.29) is 24.4 Å². The normalized spacial score (nSPS) is 13.9. The lowest BCUT2D eigenvalue weighted by molar-refractivity contribution is -0.137. The zero-order valence-corrected chi connectivity index (χ0v) is 17.5. The van der Waals surface area contributed by atoms with Crippen LogP contribution in [0.4, 0.5) is 10.1 Å². The summed E-state index contributed by atoms with van der Waals surface area (Å²) in [7, 11) is 0. The van der Waals surface area contributed by atoms with E-state index in [9.17, 15) is 23.9 Å². The van der Waals surface area contributed by atoms with E-state index in [2.05, 4.69) is 10.6 Å². The molecule has 162 valence electrons. The molecule has 31 heavy (non-hydrogen) atoms. The van der Waals surface area contributed by atoms with Gasteiger partial charge in [0.2, 0.25) is 0 Å². The molecule has 0 unspecified atom stereocenters. The highest BCUT2D eigenvalue weighted by Gasteiger charge is 2.34. The van der Waals surface area contributed by atoms with E-state index in [0.717, 1.165) is 0 Å². The predicted octanol–water partition coefficient (Wildman–Crippen LogP) is 3.45. The summed E-state index contributed by atoms with van der Waals surface area (Å²) in [5, 5.41) is 15.2. The molecule has 0 bridgehead atoms. The number of hydrogen-bond acceptors (Lipinski definition) is 4. The molecule has 7 nitrogen and oxygen atoms in total. The molecule has 2 aromatic rings. The second-order valence-corrected chi connectivity index (χ2v) is 8.21. The number of carbonyl (C=O) groups excluding carboxylic acids is 2. The van der Waals surface area contributed by atoms with Gasteiger partial charge in [-0.1, -0.05) is 12.1 Å². The van der Waals surface area contributed by atoms with Crippen molar-refractivity contribution >= 4 is 29.2 Å². The summed E-state index contributed by atoms with van der Waals surface area (Å²) < 4.78 is 13.6. The number of fused-ring (bicyclic) bond motifs is 1. The molecule has 0 saturated heterocycles. The van der Waals surface area contributed by atoms with Crippen molar-refractivity contribution in [3.05, 3.63) is 71.2 Å². The quantitative estimate of drug-likeness (QED) is 0.682. The minimum Gasteiger partial charge on any atom is -0.481 e. The molecule has 2 aromatic carbocycles. The van der Waals surface area contributed by atoms with Crippen LogP contribution in [0.3, 0.4) is 0 Å². The number of nitrogens with one attached hydrogen (secondary N) is 2. The van der Waals surface area contributed by atoms with E-state index in [0.29, 0.717) is 16.8 Å². The second kappa shape index (κ2) is 8.59. The minimum atomic E-state index is -1.10. The van der Waals surface area contributed by atoms with E-state index >= 15 is 0 Å². The van der Waals surface area contributed by atoms with Gasteiger partial charge in [-0.3, -0.25) is 14.4 Å². The Morgan fingerprint density at radius 3 is 2.35 bits per heavy atom. The summed E-state index contributed by atoms with van der Waals surface area (Å²) in [6, 6.07) is 12.2. The molecule has 0 aliphatic carbocycles. The standard InChI is InChI=1S/C23H24FN3O4/c1-23(2,3)26-21(30)20-19(14-8-10-15(24)11-9-14)25-17-7-5-4-6-16(17)22(31)27(20)13-12-18(28)29/h4-11,25H,12-13H2,1-3H3,(H,26,30)(H,28,29). The van der Waals surface area contributed by atoms with E-state index in [1.54, 1.807) is 45.0 Å². The molecule has 0 aromatic heterocycles. The van der Waals surface area contributed by atoms with Crippen LogP contribution in [0.15, 0.2) is 54.2 Å². The molecule has 0 atom stereocenters. The van der Waals surface area contributed by atoms with Gasteiger partial charge in [-0.25, -0.2) is 4.39 Å². The molecular formula is C23H24FN3O4.